The molecule has 0 aliphatic heterocycles. The summed E-state index contributed by atoms with van der Waals surface area (Å²) in [5.74, 6) is 0.522. The molecule has 1 fully saturated rings. The fraction of sp³-hybridized carbons (Fsp3) is 0.571. The van der Waals surface area contributed by atoms with Crippen molar-refractivity contribution < 1.29 is 8.42 Å². The van der Waals surface area contributed by atoms with Crippen molar-refractivity contribution in [2.75, 3.05) is 13.6 Å². The number of hydrogen-bond donors (Lipinski definition) is 2. The molecule has 1 aromatic carbocycles. The molecule has 2 rings (SSSR count). The Bertz CT molecular complexity index is 524. The molecule has 0 spiro atoms. The van der Waals surface area contributed by atoms with Crippen LogP contribution in [0.3, 0.4) is 0 Å². The average Bonchev–Trinajstić information content (AvgIpc) is 2.36. The van der Waals surface area contributed by atoms with Gasteiger partial charge >= 0.3 is 0 Å². The summed E-state index contributed by atoms with van der Waals surface area (Å²) in [6.45, 7) is 2.57. The minimum Gasteiger partial charge on any atom is -0.313 e. The van der Waals surface area contributed by atoms with Crippen molar-refractivity contribution in [1.82, 2.24) is 10.0 Å². The van der Waals surface area contributed by atoms with Crippen LogP contribution < -0.4 is 10.0 Å². The molecule has 1 saturated carbocycles. The number of benzene rings is 1. The first-order valence-electron chi connectivity index (χ1n) is 6.80. The zero-order chi connectivity index (χ0) is 13.9. The second-order valence-electron chi connectivity index (χ2n) is 5.23. The van der Waals surface area contributed by atoms with Gasteiger partial charge in [-0.1, -0.05) is 18.6 Å². The molecule has 0 heterocycles. The van der Waals surface area contributed by atoms with E-state index in [9.17, 15) is 8.42 Å². The first-order chi connectivity index (χ1) is 9.03. The first-order valence-corrected chi connectivity index (χ1v) is 8.28. The number of sulfonamides is 1. The predicted molar refractivity (Wildman–Crippen MR) is 76.4 cm³/mol. The normalized spacial score (nSPS) is 18.0. The van der Waals surface area contributed by atoms with Gasteiger partial charge in [-0.25, -0.2) is 13.1 Å². The minimum atomic E-state index is -3.37. The zero-order valence-electron chi connectivity index (χ0n) is 11.5. The summed E-state index contributed by atoms with van der Waals surface area (Å²) >= 11 is 0. The third kappa shape index (κ3) is 3.55. The van der Waals surface area contributed by atoms with Gasteiger partial charge < -0.3 is 5.32 Å². The SMILES string of the molecule is CNC(C)c1cccc(S(=O)(=O)NCC2CCC2)c1. The maximum atomic E-state index is 12.2. The monoisotopic (exact) mass is 282 g/mol. The lowest BCUT2D eigenvalue weighted by Crippen LogP contribution is -2.32. The molecule has 1 unspecified atom stereocenters. The molecular weight excluding hydrogens is 260 g/mol. The van der Waals surface area contributed by atoms with Crippen LogP contribution in [-0.2, 0) is 10.0 Å². The largest absolute Gasteiger partial charge is 0.313 e. The molecule has 0 aromatic heterocycles. The Hall–Kier alpha value is -0.910. The van der Waals surface area contributed by atoms with E-state index in [1.807, 2.05) is 20.0 Å². The van der Waals surface area contributed by atoms with Crippen LogP contribution in [0.15, 0.2) is 29.2 Å². The van der Waals surface area contributed by atoms with Crippen LogP contribution in [0.4, 0.5) is 0 Å². The quantitative estimate of drug-likeness (QED) is 0.839. The van der Waals surface area contributed by atoms with Gasteiger partial charge in [0.05, 0.1) is 4.90 Å². The Morgan fingerprint density at radius 3 is 2.68 bits per heavy atom. The van der Waals surface area contributed by atoms with Gasteiger partial charge in [0.15, 0.2) is 0 Å². The van der Waals surface area contributed by atoms with Crippen LogP contribution in [0.25, 0.3) is 0 Å². The molecule has 0 bridgehead atoms. The van der Waals surface area contributed by atoms with E-state index in [1.165, 1.54) is 6.42 Å². The third-order valence-electron chi connectivity index (χ3n) is 3.89. The molecule has 5 heteroatoms. The molecule has 1 aliphatic rings. The van der Waals surface area contributed by atoms with Crippen LogP contribution in [0.2, 0.25) is 0 Å². The van der Waals surface area contributed by atoms with E-state index in [1.54, 1.807) is 18.2 Å². The number of hydrogen-bond acceptors (Lipinski definition) is 3. The highest BCUT2D eigenvalue weighted by Gasteiger charge is 2.21. The van der Waals surface area contributed by atoms with Gasteiger partial charge in [0, 0.05) is 12.6 Å². The summed E-state index contributed by atoms with van der Waals surface area (Å²) < 4.78 is 27.1. The van der Waals surface area contributed by atoms with E-state index in [0.29, 0.717) is 17.4 Å². The van der Waals surface area contributed by atoms with Crippen molar-refractivity contribution in [3.63, 3.8) is 0 Å². The van der Waals surface area contributed by atoms with Crippen LogP contribution in [0.5, 0.6) is 0 Å². The molecule has 0 radical (unpaired) electrons. The summed E-state index contributed by atoms with van der Waals surface area (Å²) in [4.78, 5) is 0.353. The molecule has 2 N–H and O–H groups in total. The summed E-state index contributed by atoms with van der Waals surface area (Å²) in [5, 5.41) is 3.11. The van der Waals surface area contributed by atoms with E-state index in [-0.39, 0.29) is 6.04 Å². The number of nitrogens with one attached hydrogen (secondary N) is 2. The third-order valence-corrected chi connectivity index (χ3v) is 5.31. The van der Waals surface area contributed by atoms with E-state index in [2.05, 4.69) is 10.0 Å². The van der Waals surface area contributed by atoms with Gasteiger partial charge in [-0.15, -0.1) is 0 Å². The Balaban J connectivity index is 2.10. The highest BCUT2D eigenvalue weighted by Crippen LogP contribution is 2.26. The van der Waals surface area contributed by atoms with Crippen molar-refractivity contribution in [3.05, 3.63) is 29.8 Å². The molecule has 0 saturated heterocycles. The van der Waals surface area contributed by atoms with Crippen LogP contribution in [0.1, 0.15) is 37.8 Å². The maximum absolute atomic E-state index is 12.2. The predicted octanol–water partition coefficient (Wildman–Crippen LogP) is 2.05. The molecule has 1 atom stereocenters. The zero-order valence-corrected chi connectivity index (χ0v) is 12.3. The van der Waals surface area contributed by atoms with E-state index >= 15 is 0 Å². The smallest absolute Gasteiger partial charge is 0.240 e. The Kier molecular flexibility index (Phi) is 4.60. The molecular formula is C14H22N2O2S. The van der Waals surface area contributed by atoms with Gasteiger partial charge in [0.1, 0.15) is 0 Å². The molecule has 4 nitrogen and oxygen atoms in total. The molecule has 19 heavy (non-hydrogen) atoms. The lowest BCUT2D eigenvalue weighted by Gasteiger charge is -2.25. The molecule has 106 valence electrons. The average molecular weight is 282 g/mol. The van der Waals surface area contributed by atoms with E-state index < -0.39 is 10.0 Å². The van der Waals surface area contributed by atoms with Crippen molar-refractivity contribution in [3.8, 4) is 0 Å². The second-order valence-corrected chi connectivity index (χ2v) is 7.00. The van der Waals surface area contributed by atoms with Crippen LogP contribution >= 0.6 is 0 Å². The van der Waals surface area contributed by atoms with E-state index in [0.717, 1.165) is 18.4 Å². The van der Waals surface area contributed by atoms with E-state index in [4.69, 9.17) is 0 Å². The lowest BCUT2D eigenvalue weighted by molar-refractivity contribution is 0.316. The Morgan fingerprint density at radius 1 is 1.37 bits per heavy atom. The second kappa shape index (κ2) is 6.03. The first kappa shape index (κ1) is 14.5. The fourth-order valence-corrected chi connectivity index (χ4v) is 3.30. The highest BCUT2D eigenvalue weighted by molar-refractivity contribution is 7.89. The summed E-state index contributed by atoms with van der Waals surface area (Å²) in [5.41, 5.74) is 0.981. The molecule has 1 aliphatic carbocycles. The maximum Gasteiger partial charge on any atom is 0.240 e. The van der Waals surface area contributed by atoms with Crippen molar-refractivity contribution in [2.45, 2.75) is 37.1 Å². The Labute approximate surface area is 115 Å². The minimum absolute atomic E-state index is 0.141. The summed E-state index contributed by atoms with van der Waals surface area (Å²) in [6.07, 6.45) is 3.50. The standard InChI is InChI=1S/C14H22N2O2S/c1-11(15-2)13-7-4-8-14(9-13)19(17,18)16-10-12-5-3-6-12/h4,7-9,11-12,15-16H,3,5-6,10H2,1-2H3. The topological polar surface area (TPSA) is 58.2 Å². The summed E-state index contributed by atoms with van der Waals surface area (Å²) in [6, 6.07) is 7.26. The number of rotatable bonds is 6. The van der Waals surface area contributed by atoms with Gasteiger partial charge in [-0.2, -0.15) is 0 Å². The van der Waals surface area contributed by atoms with Gasteiger partial charge in [-0.05, 0) is 50.4 Å². The van der Waals surface area contributed by atoms with Crippen molar-refractivity contribution >= 4 is 10.0 Å². The summed E-state index contributed by atoms with van der Waals surface area (Å²) in [7, 11) is -1.51. The van der Waals surface area contributed by atoms with Crippen molar-refractivity contribution in [1.29, 1.82) is 0 Å². The van der Waals surface area contributed by atoms with Gasteiger partial charge in [0.2, 0.25) is 10.0 Å². The van der Waals surface area contributed by atoms with Gasteiger partial charge in [0.25, 0.3) is 0 Å². The highest BCUT2D eigenvalue weighted by atomic mass is 32.2. The Morgan fingerprint density at radius 2 is 2.11 bits per heavy atom. The molecule has 0 amide bonds. The van der Waals surface area contributed by atoms with Crippen molar-refractivity contribution in [2.24, 2.45) is 5.92 Å². The van der Waals surface area contributed by atoms with Crippen LogP contribution in [-0.4, -0.2) is 22.0 Å². The fourth-order valence-electron chi connectivity index (χ4n) is 2.13. The molecule has 1 aromatic rings. The van der Waals surface area contributed by atoms with Crippen LogP contribution in [0, 0.1) is 5.92 Å². The van der Waals surface area contributed by atoms with Gasteiger partial charge in [-0.3, -0.25) is 0 Å². The lowest BCUT2D eigenvalue weighted by atomic mass is 9.86.